The molecule has 1 aliphatic heterocycles. The van der Waals surface area contributed by atoms with Gasteiger partial charge in [-0.25, -0.2) is 4.39 Å². The van der Waals surface area contributed by atoms with Crippen molar-refractivity contribution in [3.8, 4) is 5.75 Å². The average Bonchev–Trinajstić information content (AvgIpc) is 2.45. The van der Waals surface area contributed by atoms with Gasteiger partial charge in [0, 0.05) is 29.9 Å². The molecule has 1 aromatic carbocycles. The van der Waals surface area contributed by atoms with E-state index in [-0.39, 0.29) is 18.3 Å². The summed E-state index contributed by atoms with van der Waals surface area (Å²) < 4.78 is 18.6. The highest BCUT2D eigenvalue weighted by molar-refractivity contribution is 5.94. The van der Waals surface area contributed by atoms with Gasteiger partial charge in [0.05, 0.1) is 6.20 Å². The van der Waals surface area contributed by atoms with E-state index in [1.54, 1.807) is 12.3 Å². The van der Waals surface area contributed by atoms with Crippen LogP contribution < -0.4 is 10.1 Å². The van der Waals surface area contributed by atoms with Crippen LogP contribution in [0.3, 0.4) is 0 Å². The zero-order chi connectivity index (χ0) is 13.9. The summed E-state index contributed by atoms with van der Waals surface area (Å²) in [7, 11) is 0. The van der Waals surface area contributed by atoms with Gasteiger partial charge in [0.1, 0.15) is 18.2 Å². The highest BCUT2D eigenvalue weighted by Gasteiger charge is 2.15. The van der Waals surface area contributed by atoms with Gasteiger partial charge in [-0.1, -0.05) is 6.07 Å². The van der Waals surface area contributed by atoms with Crippen LogP contribution in [0.4, 0.5) is 10.1 Å². The van der Waals surface area contributed by atoms with E-state index in [1.165, 1.54) is 6.07 Å². The largest absolute Gasteiger partial charge is 0.489 e. The molecule has 1 aromatic heterocycles. The first-order chi connectivity index (χ1) is 9.70. The number of carbonyl (C=O) groups is 1. The van der Waals surface area contributed by atoms with Crippen molar-refractivity contribution in [2.75, 3.05) is 5.32 Å². The number of amides is 1. The molecule has 1 aliphatic rings. The molecule has 2 heterocycles. The number of rotatable bonds is 3. The van der Waals surface area contributed by atoms with Crippen LogP contribution in [-0.4, -0.2) is 10.9 Å². The molecule has 0 bridgehead atoms. The Labute approximate surface area is 115 Å². The molecular weight excluding hydrogens is 259 g/mol. The number of nitrogens with one attached hydrogen (secondary N) is 1. The number of aryl methyl sites for hydroxylation is 1. The van der Waals surface area contributed by atoms with E-state index in [0.717, 1.165) is 23.9 Å². The number of anilines is 1. The molecular formula is C15H13FN2O2. The van der Waals surface area contributed by atoms with Crippen molar-refractivity contribution in [1.82, 2.24) is 4.98 Å². The minimum absolute atomic E-state index is 0.0176. The molecule has 20 heavy (non-hydrogen) atoms. The Balaban J connectivity index is 1.72. The van der Waals surface area contributed by atoms with Gasteiger partial charge in [-0.15, -0.1) is 0 Å². The summed E-state index contributed by atoms with van der Waals surface area (Å²) in [6.07, 6.45) is 3.97. The lowest BCUT2D eigenvalue weighted by atomic mass is 10.0. The van der Waals surface area contributed by atoms with E-state index in [1.807, 2.05) is 12.1 Å². The van der Waals surface area contributed by atoms with Gasteiger partial charge >= 0.3 is 0 Å². The van der Waals surface area contributed by atoms with E-state index in [9.17, 15) is 9.18 Å². The lowest BCUT2D eigenvalue weighted by Gasteiger charge is -2.17. The maximum Gasteiger partial charge on any atom is 0.224 e. The predicted molar refractivity (Wildman–Crippen MR) is 71.9 cm³/mol. The number of ether oxygens (including phenoxy) is 1. The number of hydrogen-bond acceptors (Lipinski definition) is 3. The molecule has 1 N–H and O–H groups in total. The lowest BCUT2D eigenvalue weighted by molar-refractivity contribution is -0.116. The first-order valence-electron chi connectivity index (χ1n) is 6.36. The molecule has 5 heteroatoms. The second kappa shape index (κ2) is 5.28. The molecule has 3 rings (SSSR count). The number of pyridine rings is 1. The average molecular weight is 272 g/mol. The first kappa shape index (κ1) is 12.6. The monoisotopic (exact) mass is 272 g/mol. The topological polar surface area (TPSA) is 51.2 Å². The molecule has 0 atom stereocenters. The van der Waals surface area contributed by atoms with E-state index in [0.29, 0.717) is 17.7 Å². The number of nitrogens with zero attached hydrogens (tertiary/aromatic N) is 1. The third-order valence-corrected chi connectivity index (χ3v) is 3.14. The van der Waals surface area contributed by atoms with Crippen LogP contribution in [0.15, 0.2) is 36.7 Å². The number of hydrogen-bond donors (Lipinski definition) is 1. The van der Waals surface area contributed by atoms with Crippen LogP contribution in [0.25, 0.3) is 0 Å². The molecule has 1 amide bonds. The SMILES string of the molecule is O=C1CCc2ccc(OCc3cncc(F)c3)cc2N1. The van der Waals surface area contributed by atoms with Gasteiger partial charge in [-0.05, 0) is 24.1 Å². The molecule has 0 fully saturated rings. The maximum absolute atomic E-state index is 13.0. The lowest BCUT2D eigenvalue weighted by Crippen LogP contribution is -2.18. The first-order valence-corrected chi connectivity index (χ1v) is 6.36. The van der Waals surface area contributed by atoms with E-state index in [4.69, 9.17) is 4.74 Å². The fourth-order valence-electron chi connectivity index (χ4n) is 2.14. The second-order valence-electron chi connectivity index (χ2n) is 4.67. The van der Waals surface area contributed by atoms with Crippen molar-refractivity contribution in [3.63, 3.8) is 0 Å². The third-order valence-electron chi connectivity index (χ3n) is 3.14. The van der Waals surface area contributed by atoms with Gasteiger partial charge in [0.15, 0.2) is 0 Å². The van der Waals surface area contributed by atoms with Gasteiger partial charge in [0.2, 0.25) is 5.91 Å². The summed E-state index contributed by atoms with van der Waals surface area (Å²) in [6.45, 7) is 0.234. The highest BCUT2D eigenvalue weighted by Crippen LogP contribution is 2.27. The van der Waals surface area contributed by atoms with Gasteiger partial charge in [0.25, 0.3) is 0 Å². The van der Waals surface area contributed by atoms with Gasteiger partial charge in [-0.3, -0.25) is 9.78 Å². The summed E-state index contributed by atoms with van der Waals surface area (Å²) in [5, 5.41) is 2.82. The quantitative estimate of drug-likeness (QED) is 0.934. The molecule has 4 nitrogen and oxygen atoms in total. The minimum Gasteiger partial charge on any atom is -0.489 e. The number of carbonyl (C=O) groups excluding carboxylic acids is 1. The van der Waals surface area contributed by atoms with Crippen LogP contribution in [-0.2, 0) is 17.8 Å². The summed E-state index contributed by atoms with van der Waals surface area (Å²) in [4.78, 5) is 15.1. The third kappa shape index (κ3) is 2.77. The Morgan fingerprint density at radius 2 is 2.15 bits per heavy atom. The Bertz CT molecular complexity index is 658. The van der Waals surface area contributed by atoms with Crippen LogP contribution in [0.2, 0.25) is 0 Å². The summed E-state index contributed by atoms with van der Waals surface area (Å²) in [5.41, 5.74) is 2.55. The summed E-state index contributed by atoms with van der Waals surface area (Å²) in [6, 6.07) is 6.96. The second-order valence-corrected chi connectivity index (χ2v) is 4.67. The van der Waals surface area contributed by atoms with Crippen molar-refractivity contribution < 1.29 is 13.9 Å². The molecule has 102 valence electrons. The maximum atomic E-state index is 13.0. The van der Waals surface area contributed by atoms with Crippen molar-refractivity contribution in [3.05, 3.63) is 53.6 Å². The van der Waals surface area contributed by atoms with Crippen LogP contribution in [0, 0.1) is 5.82 Å². The van der Waals surface area contributed by atoms with E-state index < -0.39 is 0 Å². The van der Waals surface area contributed by atoms with Crippen LogP contribution >= 0.6 is 0 Å². The standard InChI is InChI=1S/C15H13FN2O2/c16-12-5-10(7-17-8-12)9-20-13-3-1-11-2-4-15(19)18-14(11)6-13/h1,3,5-8H,2,4,9H2,(H,18,19). The molecule has 0 saturated carbocycles. The van der Waals surface area contributed by atoms with E-state index in [2.05, 4.69) is 10.3 Å². The van der Waals surface area contributed by atoms with E-state index >= 15 is 0 Å². The molecule has 0 aliphatic carbocycles. The van der Waals surface area contributed by atoms with Crippen LogP contribution in [0.5, 0.6) is 5.75 Å². The minimum atomic E-state index is -0.385. The van der Waals surface area contributed by atoms with Crippen LogP contribution in [0.1, 0.15) is 17.5 Å². The smallest absolute Gasteiger partial charge is 0.224 e. The van der Waals surface area contributed by atoms with Gasteiger partial charge < -0.3 is 10.1 Å². The number of fused-ring (bicyclic) bond motifs is 1. The Morgan fingerprint density at radius 1 is 1.25 bits per heavy atom. The zero-order valence-electron chi connectivity index (χ0n) is 10.7. The Kier molecular flexibility index (Phi) is 3.33. The molecule has 0 unspecified atom stereocenters. The normalized spacial score (nSPS) is 13.6. The summed E-state index contributed by atoms with van der Waals surface area (Å²) >= 11 is 0. The van der Waals surface area contributed by atoms with Gasteiger partial charge in [-0.2, -0.15) is 0 Å². The number of benzene rings is 1. The fraction of sp³-hybridized carbons (Fsp3) is 0.200. The molecule has 2 aromatic rings. The van der Waals surface area contributed by atoms with Crippen molar-refractivity contribution in [2.45, 2.75) is 19.4 Å². The highest BCUT2D eigenvalue weighted by atomic mass is 19.1. The zero-order valence-corrected chi connectivity index (χ0v) is 10.7. The number of halogens is 1. The van der Waals surface area contributed by atoms with Crippen molar-refractivity contribution in [1.29, 1.82) is 0 Å². The molecule has 0 radical (unpaired) electrons. The number of aromatic nitrogens is 1. The van der Waals surface area contributed by atoms with Crippen molar-refractivity contribution in [2.24, 2.45) is 0 Å². The van der Waals surface area contributed by atoms with Crippen molar-refractivity contribution >= 4 is 11.6 Å². The fourth-order valence-corrected chi connectivity index (χ4v) is 2.14. The molecule has 0 spiro atoms. The molecule has 0 saturated heterocycles. The Hall–Kier alpha value is -2.43. The predicted octanol–water partition coefficient (Wildman–Crippen LogP) is 2.68. The summed E-state index contributed by atoms with van der Waals surface area (Å²) in [5.74, 6) is 0.267. The Morgan fingerprint density at radius 3 is 3.00 bits per heavy atom.